The lowest BCUT2D eigenvalue weighted by Gasteiger charge is -2.30. The summed E-state index contributed by atoms with van der Waals surface area (Å²) in [5.74, 6) is 0.912. The molecule has 0 radical (unpaired) electrons. The first-order valence-corrected chi connectivity index (χ1v) is 8.77. The lowest BCUT2D eigenvalue weighted by Crippen LogP contribution is -2.39. The van der Waals surface area contributed by atoms with Gasteiger partial charge in [0.25, 0.3) is 5.91 Å². The molecule has 1 saturated heterocycles. The summed E-state index contributed by atoms with van der Waals surface area (Å²) in [7, 11) is 0. The van der Waals surface area contributed by atoms with Crippen LogP contribution in [0.5, 0.6) is 0 Å². The van der Waals surface area contributed by atoms with E-state index in [1.165, 1.54) is 13.3 Å². The normalized spacial score (nSPS) is 16.8. The molecule has 0 aliphatic carbocycles. The van der Waals surface area contributed by atoms with Crippen molar-refractivity contribution in [1.29, 1.82) is 0 Å². The highest BCUT2D eigenvalue weighted by Gasteiger charge is 2.23. The van der Waals surface area contributed by atoms with Gasteiger partial charge in [0.05, 0.1) is 0 Å². The summed E-state index contributed by atoms with van der Waals surface area (Å²) < 4.78 is 0. The van der Waals surface area contributed by atoms with Gasteiger partial charge in [0.15, 0.2) is 0 Å². The molecule has 7 heteroatoms. The Bertz CT molecular complexity index is 791. The number of benzene rings is 1. The van der Waals surface area contributed by atoms with E-state index in [2.05, 4.69) is 27.5 Å². The Morgan fingerprint density at radius 3 is 2.58 bits per heavy atom. The van der Waals surface area contributed by atoms with E-state index in [0.29, 0.717) is 17.4 Å². The molecule has 1 fully saturated rings. The number of hydrogen-bond donors (Lipinski definition) is 2. The molecule has 2 N–H and O–H groups in total. The van der Waals surface area contributed by atoms with Crippen molar-refractivity contribution in [2.75, 3.05) is 23.7 Å². The average Bonchev–Trinajstić information content (AvgIpc) is 2.62. The number of carbonyl (C=O) groups excluding carboxylic acids is 2. The summed E-state index contributed by atoms with van der Waals surface area (Å²) in [5, 5.41) is 5.87. The van der Waals surface area contributed by atoms with Gasteiger partial charge in [0.1, 0.15) is 17.8 Å². The van der Waals surface area contributed by atoms with Crippen molar-refractivity contribution in [2.45, 2.75) is 26.7 Å². The topological polar surface area (TPSA) is 87.2 Å². The third-order valence-corrected chi connectivity index (χ3v) is 4.31. The fraction of sp³-hybridized carbons (Fsp3) is 0.368. The molecule has 2 heterocycles. The van der Waals surface area contributed by atoms with Crippen molar-refractivity contribution in [1.82, 2.24) is 14.9 Å². The highest BCUT2D eigenvalue weighted by Crippen LogP contribution is 2.20. The van der Waals surface area contributed by atoms with Crippen LogP contribution < -0.4 is 10.6 Å². The van der Waals surface area contributed by atoms with Crippen LogP contribution in [0.4, 0.5) is 17.2 Å². The fourth-order valence-electron chi connectivity index (χ4n) is 3.07. The van der Waals surface area contributed by atoms with Gasteiger partial charge >= 0.3 is 0 Å². The van der Waals surface area contributed by atoms with Crippen LogP contribution in [0.15, 0.2) is 36.7 Å². The summed E-state index contributed by atoms with van der Waals surface area (Å²) >= 11 is 0. The Kier molecular flexibility index (Phi) is 5.46. The van der Waals surface area contributed by atoms with Crippen LogP contribution in [0.3, 0.4) is 0 Å². The lowest BCUT2D eigenvalue weighted by molar-refractivity contribution is -0.114. The molecular formula is C19H23N5O2. The molecule has 3 rings (SSSR count). The number of nitrogens with zero attached hydrogens (tertiary/aromatic N) is 3. The van der Waals surface area contributed by atoms with E-state index in [-0.39, 0.29) is 11.8 Å². The first-order valence-electron chi connectivity index (χ1n) is 8.77. The number of likely N-dealkylation sites (tertiary alicyclic amines) is 1. The zero-order chi connectivity index (χ0) is 18.5. The molecule has 1 atom stereocenters. The quantitative estimate of drug-likeness (QED) is 0.882. The smallest absolute Gasteiger partial charge is 0.272 e. The third kappa shape index (κ3) is 4.56. The van der Waals surface area contributed by atoms with Crippen LogP contribution >= 0.6 is 0 Å². The van der Waals surface area contributed by atoms with Crippen LogP contribution in [0.1, 0.15) is 37.2 Å². The van der Waals surface area contributed by atoms with Gasteiger partial charge in [-0.1, -0.05) is 6.92 Å². The minimum Gasteiger partial charge on any atom is -0.340 e. The Labute approximate surface area is 152 Å². The number of nitrogens with one attached hydrogen (secondary N) is 2. The van der Waals surface area contributed by atoms with Gasteiger partial charge in [0.2, 0.25) is 5.91 Å². The zero-order valence-corrected chi connectivity index (χ0v) is 15.0. The van der Waals surface area contributed by atoms with Crippen molar-refractivity contribution in [3.63, 3.8) is 0 Å². The summed E-state index contributed by atoms with van der Waals surface area (Å²) in [5.41, 5.74) is 1.93. The molecular weight excluding hydrogens is 330 g/mol. The van der Waals surface area contributed by atoms with E-state index in [9.17, 15) is 9.59 Å². The molecule has 0 saturated carbocycles. The molecule has 1 aliphatic heterocycles. The van der Waals surface area contributed by atoms with Gasteiger partial charge in [-0.25, -0.2) is 9.97 Å². The molecule has 1 aromatic carbocycles. The maximum atomic E-state index is 12.7. The number of anilines is 3. The van der Waals surface area contributed by atoms with Crippen LogP contribution in [-0.2, 0) is 4.79 Å². The van der Waals surface area contributed by atoms with Crippen LogP contribution in [0.25, 0.3) is 0 Å². The fourth-order valence-corrected chi connectivity index (χ4v) is 3.07. The van der Waals surface area contributed by atoms with Crippen LogP contribution in [0, 0.1) is 5.92 Å². The number of hydrogen-bond acceptors (Lipinski definition) is 5. The molecule has 2 amide bonds. The average molecular weight is 353 g/mol. The van der Waals surface area contributed by atoms with Crippen molar-refractivity contribution in [2.24, 2.45) is 5.92 Å². The predicted molar refractivity (Wildman–Crippen MR) is 100 cm³/mol. The van der Waals surface area contributed by atoms with E-state index < -0.39 is 0 Å². The standard InChI is InChI=1S/C19H23N5O2/c1-13-4-3-9-24(11-13)19(26)17-10-18(21-12-20-17)23-16-7-5-15(6-8-16)22-14(2)25/h5-8,10,12-13H,3-4,9,11H2,1-2H3,(H,22,25)(H,20,21,23). The van der Waals surface area contributed by atoms with Gasteiger partial charge < -0.3 is 15.5 Å². The monoisotopic (exact) mass is 353 g/mol. The van der Waals surface area contributed by atoms with Crippen molar-refractivity contribution in [3.8, 4) is 0 Å². The Balaban J connectivity index is 1.69. The SMILES string of the molecule is CC(=O)Nc1ccc(Nc2cc(C(=O)N3CCCC(C)C3)ncn2)cc1. The van der Waals surface area contributed by atoms with Gasteiger partial charge in [0, 0.05) is 37.5 Å². The Morgan fingerprint density at radius 2 is 1.88 bits per heavy atom. The second-order valence-corrected chi connectivity index (χ2v) is 6.67. The van der Waals surface area contributed by atoms with Crippen molar-refractivity contribution in [3.05, 3.63) is 42.4 Å². The molecule has 1 aliphatic rings. The highest BCUT2D eigenvalue weighted by atomic mass is 16.2. The van der Waals surface area contributed by atoms with E-state index in [4.69, 9.17) is 0 Å². The summed E-state index contributed by atoms with van der Waals surface area (Å²) in [6.45, 7) is 5.18. The van der Waals surface area contributed by atoms with Crippen molar-refractivity contribution < 1.29 is 9.59 Å². The van der Waals surface area contributed by atoms with Gasteiger partial charge in [-0.05, 0) is 43.0 Å². The summed E-state index contributed by atoms with van der Waals surface area (Å²) in [6, 6.07) is 8.93. The van der Waals surface area contributed by atoms with E-state index in [0.717, 1.165) is 37.3 Å². The van der Waals surface area contributed by atoms with E-state index >= 15 is 0 Å². The second-order valence-electron chi connectivity index (χ2n) is 6.67. The number of piperidine rings is 1. The van der Waals surface area contributed by atoms with Gasteiger partial charge in [-0.3, -0.25) is 9.59 Å². The molecule has 26 heavy (non-hydrogen) atoms. The number of carbonyl (C=O) groups is 2. The van der Waals surface area contributed by atoms with E-state index in [1.807, 2.05) is 17.0 Å². The Morgan fingerprint density at radius 1 is 1.15 bits per heavy atom. The molecule has 0 spiro atoms. The van der Waals surface area contributed by atoms with E-state index in [1.54, 1.807) is 18.2 Å². The highest BCUT2D eigenvalue weighted by molar-refractivity contribution is 5.93. The summed E-state index contributed by atoms with van der Waals surface area (Å²) in [4.78, 5) is 33.9. The second kappa shape index (κ2) is 7.95. The number of aromatic nitrogens is 2. The van der Waals surface area contributed by atoms with Gasteiger partial charge in [-0.15, -0.1) is 0 Å². The molecule has 136 valence electrons. The first kappa shape index (κ1) is 17.8. The molecule has 2 aromatic rings. The molecule has 1 aromatic heterocycles. The summed E-state index contributed by atoms with van der Waals surface area (Å²) in [6.07, 6.45) is 3.59. The predicted octanol–water partition coefficient (Wildman–Crippen LogP) is 3.05. The Hall–Kier alpha value is -2.96. The van der Waals surface area contributed by atoms with Crippen molar-refractivity contribution >= 4 is 29.0 Å². The zero-order valence-electron chi connectivity index (χ0n) is 15.0. The molecule has 7 nitrogen and oxygen atoms in total. The number of rotatable bonds is 4. The molecule has 0 bridgehead atoms. The molecule has 1 unspecified atom stereocenters. The largest absolute Gasteiger partial charge is 0.340 e. The van der Waals surface area contributed by atoms with Gasteiger partial charge in [-0.2, -0.15) is 0 Å². The van der Waals surface area contributed by atoms with Crippen LogP contribution in [-0.4, -0.2) is 39.8 Å². The van der Waals surface area contributed by atoms with Crippen LogP contribution in [0.2, 0.25) is 0 Å². The minimum absolute atomic E-state index is 0.0528. The minimum atomic E-state index is -0.114. The maximum absolute atomic E-state index is 12.7. The first-order chi connectivity index (χ1) is 12.5. The lowest BCUT2D eigenvalue weighted by atomic mass is 10.00. The maximum Gasteiger partial charge on any atom is 0.272 e. The third-order valence-electron chi connectivity index (χ3n) is 4.31. The number of amides is 2.